The summed E-state index contributed by atoms with van der Waals surface area (Å²) in [5, 5.41) is 10.5. The van der Waals surface area contributed by atoms with Crippen LogP contribution in [0.25, 0.3) is 0 Å². The number of aromatic nitrogens is 1. The zero-order valence-corrected chi connectivity index (χ0v) is 13.7. The molecule has 0 bridgehead atoms. The molecule has 1 heterocycles. The summed E-state index contributed by atoms with van der Waals surface area (Å²) in [5.74, 6) is 0.774. The van der Waals surface area contributed by atoms with Crippen molar-refractivity contribution in [2.24, 2.45) is 0 Å². The van der Waals surface area contributed by atoms with Gasteiger partial charge < -0.3 is 9.84 Å². The van der Waals surface area contributed by atoms with Gasteiger partial charge in [0.1, 0.15) is 11.9 Å². The smallest absolute Gasteiger partial charge is 0.122 e. The van der Waals surface area contributed by atoms with Crippen LogP contribution in [0.2, 0.25) is 0 Å². The molecule has 1 aromatic heterocycles. The number of aryl methyl sites for hydroxylation is 1. The third-order valence-corrected chi connectivity index (χ3v) is 3.94. The molecular weight excluding hydrogens is 374 g/mol. The van der Waals surface area contributed by atoms with E-state index in [0.29, 0.717) is 5.69 Å². The van der Waals surface area contributed by atoms with E-state index in [4.69, 9.17) is 4.74 Å². The first-order chi connectivity index (χ1) is 9.02. The lowest BCUT2D eigenvalue weighted by Gasteiger charge is -2.15. The predicted molar refractivity (Wildman–Crippen MR) is 81.4 cm³/mol. The molecule has 100 valence electrons. The molecule has 0 fully saturated rings. The Kier molecular flexibility index (Phi) is 4.60. The van der Waals surface area contributed by atoms with E-state index >= 15 is 0 Å². The van der Waals surface area contributed by atoms with E-state index in [1.165, 1.54) is 0 Å². The number of hydrogen-bond acceptors (Lipinski definition) is 3. The fourth-order valence-electron chi connectivity index (χ4n) is 1.86. The standard InChI is InChI=1S/C14H13Br2NO2/c1-8-5-10(19-2)3-4-11(8)14(18)13-12(16)6-9(15)7-17-13/h3-7,14,18H,1-2H3. The first kappa shape index (κ1) is 14.5. The Morgan fingerprint density at radius 1 is 1.26 bits per heavy atom. The number of hydrogen-bond donors (Lipinski definition) is 1. The van der Waals surface area contributed by atoms with Gasteiger partial charge in [0.15, 0.2) is 0 Å². The van der Waals surface area contributed by atoms with Crippen LogP contribution in [0.4, 0.5) is 0 Å². The van der Waals surface area contributed by atoms with Gasteiger partial charge in [-0.15, -0.1) is 0 Å². The number of benzene rings is 1. The van der Waals surface area contributed by atoms with Gasteiger partial charge in [-0.2, -0.15) is 0 Å². The minimum absolute atomic E-state index is 0.594. The molecule has 19 heavy (non-hydrogen) atoms. The zero-order chi connectivity index (χ0) is 14.0. The SMILES string of the molecule is COc1ccc(C(O)c2ncc(Br)cc2Br)c(C)c1. The highest BCUT2D eigenvalue weighted by Crippen LogP contribution is 2.31. The predicted octanol–water partition coefficient (Wildman–Crippen LogP) is 4.01. The summed E-state index contributed by atoms with van der Waals surface area (Å²) in [6.07, 6.45) is 0.899. The van der Waals surface area contributed by atoms with Crippen LogP contribution in [0.15, 0.2) is 39.4 Å². The summed E-state index contributed by atoms with van der Waals surface area (Å²) in [5.41, 5.74) is 2.37. The van der Waals surface area contributed by atoms with Gasteiger partial charge in [-0.3, -0.25) is 4.98 Å². The highest BCUT2D eigenvalue weighted by atomic mass is 79.9. The van der Waals surface area contributed by atoms with Gasteiger partial charge in [0, 0.05) is 15.1 Å². The topological polar surface area (TPSA) is 42.4 Å². The molecular formula is C14H13Br2NO2. The van der Waals surface area contributed by atoms with Crippen molar-refractivity contribution >= 4 is 31.9 Å². The summed E-state index contributed by atoms with van der Waals surface area (Å²) < 4.78 is 6.79. The Morgan fingerprint density at radius 2 is 2.00 bits per heavy atom. The van der Waals surface area contributed by atoms with Crippen LogP contribution in [-0.4, -0.2) is 17.2 Å². The van der Waals surface area contributed by atoms with Crippen molar-refractivity contribution < 1.29 is 9.84 Å². The van der Waals surface area contributed by atoms with Gasteiger partial charge in [-0.25, -0.2) is 0 Å². The molecule has 3 nitrogen and oxygen atoms in total. The maximum Gasteiger partial charge on any atom is 0.122 e. The molecule has 5 heteroatoms. The van der Waals surface area contributed by atoms with E-state index in [1.54, 1.807) is 13.3 Å². The second-order valence-electron chi connectivity index (χ2n) is 4.15. The summed E-state index contributed by atoms with van der Waals surface area (Å²) in [6, 6.07) is 7.45. The number of aliphatic hydroxyl groups is 1. The lowest BCUT2D eigenvalue weighted by Crippen LogP contribution is -2.05. The Labute approximate surface area is 128 Å². The first-order valence-electron chi connectivity index (χ1n) is 5.66. The first-order valence-corrected chi connectivity index (χ1v) is 7.25. The maximum absolute atomic E-state index is 10.5. The Balaban J connectivity index is 2.41. The van der Waals surface area contributed by atoms with Crippen molar-refractivity contribution in [2.75, 3.05) is 7.11 Å². The van der Waals surface area contributed by atoms with Gasteiger partial charge >= 0.3 is 0 Å². The number of halogens is 2. The minimum Gasteiger partial charge on any atom is -0.497 e. The molecule has 0 aliphatic carbocycles. The average molecular weight is 387 g/mol. The molecule has 1 atom stereocenters. The average Bonchev–Trinajstić information content (AvgIpc) is 2.37. The summed E-state index contributed by atoms with van der Waals surface area (Å²) in [7, 11) is 1.62. The molecule has 1 N–H and O–H groups in total. The normalized spacial score (nSPS) is 12.3. The second-order valence-corrected chi connectivity index (χ2v) is 5.92. The molecule has 0 saturated heterocycles. The third kappa shape index (κ3) is 3.16. The highest BCUT2D eigenvalue weighted by Gasteiger charge is 2.17. The molecule has 1 aromatic carbocycles. The monoisotopic (exact) mass is 385 g/mol. The van der Waals surface area contributed by atoms with Crippen molar-refractivity contribution in [1.82, 2.24) is 4.98 Å². The van der Waals surface area contributed by atoms with Crippen molar-refractivity contribution in [3.63, 3.8) is 0 Å². The van der Waals surface area contributed by atoms with Gasteiger partial charge in [0.2, 0.25) is 0 Å². The second kappa shape index (κ2) is 6.03. The van der Waals surface area contributed by atoms with Crippen LogP contribution >= 0.6 is 31.9 Å². The van der Waals surface area contributed by atoms with Crippen LogP contribution in [0.1, 0.15) is 22.9 Å². The molecule has 0 amide bonds. The zero-order valence-electron chi connectivity index (χ0n) is 10.5. The van der Waals surface area contributed by atoms with E-state index in [9.17, 15) is 5.11 Å². The van der Waals surface area contributed by atoms with Gasteiger partial charge in [0.25, 0.3) is 0 Å². The van der Waals surface area contributed by atoms with E-state index in [0.717, 1.165) is 25.8 Å². The number of pyridine rings is 1. The molecule has 0 aliphatic rings. The fraction of sp³-hybridized carbons (Fsp3) is 0.214. The van der Waals surface area contributed by atoms with Crippen LogP contribution < -0.4 is 4.74 Å². The minimum atomic E-state index is -0.770. The van der Waals surface area contributed by atoms with Crippen LogP contribution in [0.5, 0.6) is 5.75 Å². The van der Waals surface area contributed by atoms with Crippen LogP contribution in [0, 0.1) is 6.92 Å². The van der Waals surface area contributed by atoms with Crippen molar-refractivity contribution in [1.29, 1.82) is 0 Å². The maximum atomic E-state index is 10.5. The Morgan fingerprint density at radius 3 is 2.58 bits per heavy atom. The highest BCUT2D eigenvalue weighted by molar-refractivity contribution is 9.11. The molecule has 0 aliphatic heterocycles. The molecule has 0 radical (unpaired) electrons. The van der Waals surface area contributed by atoms with E-state index < -0.39 is 6.10 Å². The lowest BCUT2D eigenvalue weighted by atomic mass is 10.0. The number of ether oxygens (including phenoxy) is 1. The fourth-order valence-corrected chi connectivity index (χ4v) is 3.06. The lowest BCUT2D eigenvalue weighted by molar-refractivity contribution is 0.213. The van der Waals surface area contributed by atoms with E-state index in [1.807, 2.05) is 31.2 Å². The molecule has 0 saturated carbocycles. The Hall–Kier alpha value is -0.910. The summed E-state index contributed by atoms with van der Waals surface area (Å²) in [6.45, 7) is 1.94. The molecule has 2 aromatic rings. The number of nitrogens with zero attached hydrogens (tertiary/aromatic N) is 1. The van der Waals surface area contributed by atoms with E-state index in [-0.39, 0.29) is 0 Å². The van der Waals surface area contributed by atoms with Crippen LogP contribution in [-0.2, 0) is 0 Å². The van der Waals surface area contributed by atoms with Crippen molar-refractivity contribution in [2.45, 2.75) is 13.0 Å². The molecule has 1 unspecified atom stereocenters. The van der Waals surface area contributed by atoms with Crippen LogP contribution in [0.3, 0.4) is 0 Å². The summed E-state index contributed by atoms with van der Waals surface area (Å²) in [4.78, 5) is 4.26. The van der Waals surface area contributed by atoms with Gasteiger partial charge in [-0.05, 0) is 68.1 Å². The number of methoxy groups -OCH3 is 1. The quantitative estimate of drug-likeness (QED) is 0.866. The summed E-state index contributed by atoms with van der Waals surface area (Å²) >= 11 is 6.76. The van der Waals surface area contributed by atoms with Crippen molar-refractivity contribution in [3.8, 4) is 5.75 Å². The third-order valence-electron chi connectivity index (χ3n) is 2.87. The molecule has 2 rings (SSSR count). The number of rotatable bonds is 3. The molecule has 0 spiro atoms. The van der Waals surface area contributed by atoms with Gasteiger partial charge in [-0.1, -0.05) is 6.07 Å². The van der Waals surface area contributed by atoms with Crippen molar-refractivity contribution in [3.05, 3.63) is 56.2 Å². The van der Waals surface area contributed by atoms with Gasteiger partial charge in [0.05, 0.1) is 12.8 Å². The largest absolute Gasteiger partial charge is 0.497 e. The number of aliphatic hydroxyl groups excluding tert-OH is 1. The van der Waals surface area contributed by atoms with E-state index in [2.05, 4.69) is 36.8 Å². The Bertz CT molecular complexity index is 602.